The van der Waals surface area contributed by atoms with Crippen molar-refractivity contribution in [1.82, 2.24) is 25.2 Å². The van der Waals surface area contributed by atoms with Crippen molar-refractivity contribution in [3.8, 4) is 17.3 Å². The highest BCUT2D eigenvalue weighted by Crippen LogP contribution is 2.40. The zero-order chi connectivity index (χ0) is 31.9. The van der Waals surface area contributed by atoms with Crippen LogP contribution in [0.3, 0.4) is 0 Å². The van der Waals surface area contributed by atoms with Gasteiger partial charge >= 0.3 is 12.1 Å². The van der Waals surface area contributed by atoms with Crippen molar-refractivity contribution in [2.24, 2.45) is 0 Å². The molecule has 0 radical (unpaired) electrons. The topological polar surface area (TPSA) is 92.7 Å². The number of rotatable bonds is 5. The standard InChI is InChI=1S/C36H43FN6O3/c1-4-35(3)22-42(5-2)32-27-21-38-30(26-15-7-13-24-11-6-12-25(28(24)26)14-8-20-45-34(44)41-35)29(37)31(27)39-33(40-32)46-23-36-16-9-18-43(36)19-10-17-36/h6-7,11-13,15,21H,4-5,8-10,14,16-20,22-23H2,1-3H3,(H,41,44). The second-order valence-electron chi connectivity index (χ2n) is 13.3. The van der Waals surface area contributed by atoms with Crippen molar-refractivity contribution in [1.29, 1.82) is 0 Å². The second-order valence-corrected chi connectivity index (χ2v) is 13.3. The number of fused-ring (bicyclic) bond motifs is 10. The summed E-state index contributed by atoms with van der Waals surface area (Å²) in [4.78, 5) is 32.0. The van der Waals surface area contributed by atoms with Gasteiger partial charge in [-0.15, -0.1) is 0 Å². The van der Waals surface area contributed by atoms with Crippen molar-refractivity contribution < 1.29 is 18.7 Å². The van der Waals surface area contributed by atoms with E-state index in [2.05, 4.69) is 10.2 Å². The van der Waals surface area contributed by atoms with Gasteiger partial charge in [-0.05, 0) is 88.2 Å². The minimum Gasteiger partial charge on any atom is -0.461 e. The zero-order valence-electron chi connectivity index (χ0n) is 27.1. The lowest BCUT2D eigenvalue weighted by atomic mass is 9.94. The van der Waals surface area contributed by atoms with E-state index in [9.17, 15) is 4.79 Å². The van der Waals surface area contributed by atoms with Crippen molar-refractivity contribution >= 4 is 33.6 Å². The highest BCUT2D eigenvalue weighted by atomic mass is 19.1. The molecule has 1 unspecified atom stereocenters. The molecule has 4 aromatic rings. The molecule has 10 heteroatoms. The molecule has 2 aromatic carbocycles. The van der Waals surface area contributed by atoms with Gasteiger partial charge in [0.05, 0.1) is 23.1 Å². The van der Waals surface area contributed by atoms with Gasteiger partial charge in [0, 0.05) is 24.8 Å². The molecule has 2 fully saturated rings. The van der Waals surface area contributed by atoms with Crippen LogP contribution in [0.5, 0.6) is 6.01 Å². The molecule has 0 saturated carbocycles. The summed E-state index contributed by atoms with van der Waals surface area (Å²) in [6, 6.07) is 12.1. The summed E-state index contributed by atoms with van der Waals surface area (Å²) in [6.07, 6.45) is 7.64. The highest BCUT2D eigenvalue weighted by Gasteiger charge is 2.45. The fourth-order valence-electron chi connectivity index (χ4n) is 7.71. The first kappa shape index (κ1) is 30.6. The van der Waals surface area contributed by atoms with Crippen molar-refractivity contribution in [3.05, 3.63) is 54.0 Å². The Morgan fingerprint density at radius 3 is 2.61 bits per heavy atom. The number of ether oxygens (including phenoxy) is 2. The third-order valence-electron chi connectivity index (χ3n) is 10.4. The Morgan fingerprint density at radius 2 is 1.85 bits per heavy atom. The summed E-state index contributed by atoms with van der Waals surface area (Å²) in [5, 5.41) is 5.53. The maximum atomic E-state index is 17.0. The van der Waals surface area contributed by atoms with Gasteiger partial charge in [-0.2, -0.15) is 9.97 Å². The maximum Gasteiger partial charge on any atom is 0.407 e. The van der Waals surface area contributed by atoms with E-state index < -0.39 is 17.4 Å². The van der Waals surface area contributed by atoms with Crippen LogP contribution in [0.4, 0.5) is 15.0 Å². The number of carbonyl (C=O) groups excluding carboxylic acids is 1. The molecule has 242 valence electrons. The van der Waals surface area contributed by atoms with Crippen LogP contribution in [0.25, 0.3) is 32.9 Å². The molecule has 4 bridgehead atoms. The number of hydrogen-bond acceptors (Lipinski definition) is 8. The van der Waals surface area contributed by atoms with E-state index in [4.69, 9.17) is 24.4 Å². The van der Waals surface area contributed by atoms with Crippen LogP contribution < -0.4 is 15.0 Å². The smallest absolute Gasteiger partial charge is 0.407 e. The monoisotopic (exact) mass is 626 g/mol. The number of aromatic nitrogens is 3. The molecule has 9 nitrogen and oxygen atoms in total. The molecular weight excluding hydrogens is 583 g/mol. The summed E-state index contributed by atoms with van der Waals surface area (Å²) in [7, 11) is 0. The number of anilines is 1. The van der Waals surface area contributed by atoms with Gasteiger partial charge < -0.3 is 19.7 Å². The Bertz CT molecular complexity index is 1770. The number of alkyl carbamates (subject to hydrolysis) is 1. The summed E-state index contributed by atoms with van der Waals surface area (Å²) in [6.45, 7) is 9.93. The molecule has 2 aromatic heterocycles. The molecule has 46 heavy (non-hydrogen) atoms. The first-order chi connectivity index (χ1) is 22.3. The Labute approximate surface area is 269 Å². The molecule has 0 spiro atoms. The first-order valence-corrected chi connectivity index (χ1v) is 16.8. The lowest BCUT2D eigenvalue weighted by Crippen LogP contribution is -2.53. The molecular formula is C36H43FN6O3. The molecule has 8 rings (SSSR count). The Morgan fingerprint density at radius 1 is 1.07 bits per heavy atom. The van der Waals surface area contributed by atoms with Crippen molar-refractivity contribution in [2.45, 2.75) is 76.8 Å². The van der Waals surface area contributed by atoms with Crippen molar-refractivity contribution in [3.63, 3.8) is 0 Å². The van der Waals surface area contributed by atoms with E-state index in [1.165, 1.54) is 0 Å². The summed E-state index contributed by atoms with van der Waals surface area (Å²) in [5.74, 6) is 0.0375. The van der Waals surface area contributed by atoms with E-state index in [-0.39, 0.29) is 29.4 Å². The average molecular weight is 627 g/mol. The molecule has 4 aliphatic rings. The van der Waals surface area contributed by atoms with E-state index in [1.807, 2.05) is 62.1 Å². The zero-order valence-corrected chi connectivity index (χ0v) is 27.1. The van der Waals surface area contributed by atoms with E-state index >= 15 is 4.39 Å². The molecule has 0 aliphatic carbocycles. The number of nitrogens with one attached hydrogen (secondary N) is 1. The van der Waals surface area contributed by atoms with Gasteiger partial charge in [-0.25, -0.2) is 9.18 Å². The van der Waals surface area contributed by atoms with Crippen LogP contribution in [0, 0.1) is 5.82 Å². The third-order valence-corrected chi connectivity index (χ3v) is 10.4. The van der Waals surface area contributed by atoms with Crippen LogP contribution in [-0.4, -0.2) is 76.4 Å². The van der Waals surface area contributed by atoms with Crippen LogP contribution in [0.2, 0.25) is 0 Å². The SMILES string of the molecule is CCN1CC(C)(CC)NC(=O)OCCCc2cccc3cccc(c23)-c2ncc3c1nc(OCC14CCCN1CCC4)nc3c2F. The normalized spacial score (nSPS) is 21.8. The number of benzene rings is 2. The van der Waals surface area contributed by atoms with Gasteiger partial charge in [0.25, 0.3) is 0 Å². The summed E-state index contributed by atoms with van der Waals surface area (Å²) < 4.78 is 29.0. The third kappa shape index (κ3) is 5.50. The molecule has 4 aliphatic heterocycles. The largest absolute Gasteiger partial charge is 0.461 e. The van der Waals surface area contributed by atoms with Gasteiger partial charge in [0.2, 0.25) is 0 Å². The highest BCUT2D eigenvalue weighted by molar-refractivity contribution is 6.00. The Balaban J connectivity index is 1.41. The quantitative estimate of drug-likeness (QED) is 0.263. The molecule has 2 saturated heterocycles. The van der Waals surface area contributed by atoms with Crippen LogP contribution in [-0.2, 0) is 11.2 Å². The molecule has 1 N–H and O–H groups in total. The summed E-state index contributed by atoms with van der Waals surface area (Å²) in [5.41, 5.74) is 1.52. The fraction of sp³-hybridized carbons (Fsp3) is 0.500. The Hall–Kier alpha value is -4.05. The number of nitrogens with zero attached hydrogens (tertiary/aromatic N) is 5. The van der Waals surface area contributed by atoms with Crippen molar-refractivity contribution in [2.75, 3.05) is 44.3 Å². The molecule has 1 atom stereocenters. The number of likely N-dealkylation sites (N-methyl/N-ethyl adjacent to an activating group) is 1. The van der Waals surface area contributed by atoms with E-state index in [1.54, 1.807) is 6.20 Å². The molecule has 1 amide bonds. The lowest BCUT2D eigenvalue weighted by Gasteiger charge is -2.36. The minimum atomic E-state index is -0.639. The van der Waals surface area contributed by atoms with E-state index in [0.717, 1.165) is 55.1 Å². The van der Waals surface area contributed by atoms with Gasteiger partial charge in [-0.1, -0.05) is 43.3 Å². The Kier molecular flexibility index (Phi) is 8.17. The van der Waals surface area contributed by atoms with E-state index in [0.29, 0.717) is 55.7 Å². The number of pyridine rings is 1. The maximum absolute atomic E-state index is 17.0. The van der Waals surface area contributed by atoms with Gasteiger partial charge in [0.15, 0.2) is 5.82 Å². The second kappa shape index (κ2) is 12.3. The number of aryl methyl sites for hydroxylation is 1. The van der Waals surface area contributed by atoms with Gasteiger partial charge in [0.1, 0.15) is 23.6 Å². The van der Waals surface area contributed by atoms with Gasteiger partial charge in [-0.3, -0.25) is 9.88 Å². The number of hydrogen-bond donors (Lipinski definition) is 1. The number of carbonyl (C=O) groups is 1. The first-order valence-electron chi connectivity index (χ1n) is 16.8. The van der Waals surface area contributed by atoms with Crippen LogP contribution in [0.1, 0.15) is 64.9 Å². The molecule has 6 heterocycles. The fourth-order valence-corrected chi connectivity index (χ4v) is 7.71. The lowest BCUT2D eigenvalue weighted by molar-refractivity contribution is 0.108. The number of amides is 1. The van der Waals surface area contributed by atoms with Crippen LogP contribution in [0.15, 0.2) is 42.6 Å². The predicted octanol–water partition coefficient (Wildman–Crippen LogP) is 6.66. The van der Waals surface area contributed by atoms with Crippen LogP contribution >= 0.6 is 0 Å². The number of halogens is 1. The minimum absolute atomic E-state index is 0.0123. The summed E-state index contributed by atoms with van der Waals surface area (Å²) >= 11 is 0. The predicted molar refractivity (Wildman–Crippen MR) is 178 cm³/mol. The average Bonchev–Trinajstić information content (AvgIpc) is 3.65.